The van der Waals surface area contributed by atoms with Crippen molar-refractivity contribution in [1.29, 1.82) is 0 Å². The molecule has 21 heavy (non-hydrogen) atoms. The summed E-state index contributed by atoms with van der Waals surface area (Å²) in [5.74, 6) is 0.378. The Morgan fingerprint density at radius 3 is 2.52 bits per heavy atom. The van der Waals surface area contributed by atoms with E-state index in [0.29, 0.717) is 11.6 Å². The molecule has 1 aliphatic heterocycles. The second-order valence-corrected chi connectivity index (χ2v) is 6.34. The summed E-state index contributed by atoms with van der Waals surface area (Å²) in [6.45, 7) is 7.80. The zero-order valence-electron chi connectivity index (χ0n) is 12.3. The van der Waals surface area contributed by atoms with E-state index in [1.54, 1.807) is 0 Å². The first kappa shape index (κ1) is 16.4. The van der Waals surface area contributed by atoms with Crippen LogP contribution < -0.4 is 10.2 Å². The number of benzene rings is 1. The fraction of sp³-hybridized carbons (Fsp3) is 0.600. The fourth-order valence-electron chi connectivity index (χ4n) is 2.72. The van der Waals surface area contributed by atoms with E-state index < -0.39 is 11.7 Å². The van der Waals surface area contributed by atoms with Crippen LogP contribution in [0.25, 0.3) is 0 Å². The van der Waals surface area contributed by atoms with Crippen molar-refractivity contribution in [2.75, 3.05) is 18.0 Å². The number of alkyl halides is 3. The summed E-state index contributed by atoms with van der Waals surface area (Å²) in [7, 11) is 0. The Labute approximate surface area is 128 Å². The molecule has 2 rings (SSSR count). The monoisotopic (exact) mass is 320 g/mol. The second-order valence-electron chi connectivity index (χ2n) is 5.94. The third-order valence-electron chi connectivity index (χ3n) is 3.90. The van der Waals surface area contributed by atoms with Crippen LogP contribution in [0.5, 0.6) is 0 Å². The van der Waals surface area contributed by atoms with Crippen LogP contribution in [-0.2, 0) is 6.18 Å². The van der Waals surface area contributed by atoms with Crippen molar-refractivity contribution >= 4 is 17.3 Å². The molecule has 2 nitrogen and oxygen atoms in total. The Balaban J connectivity index is 2.34. The molecule has 0 amide bonds. The Kier molecular flexibility index (Phi) is 4.73. The zero-order chi connectivity index (χ0) is 15.8. The maximum atomic E-state index is 12.7. The number of nitrogens with one attached hydrogen (secondary N) is 1. The van der Waals surface area contributed by atoms with Crippen LogP contribution in [0.3, 0.4) is 0 Å². The summed E-state index contributed by atoms with van der Waals surface area (Å²) in [6.07, 6.45) is -4.36. The topological polar surface area (TPSA) is 15.3 Å². The summed E-state index contributed by atoms with van der Waals surface area (Å²) in [5.41, 5.74) is -0.0303. The smallest absolute Gasteiger partial charge is 0.364 e. The van der Waals surface area contributed by atoms with Gasteiger partial charge in [-0.05, 0) is 31.0 Å². The largest absolute Gasteiger partial charge is 0.416 e. The summed E-state index contributed by atoms with van der Waals surface area (Å²) in [5, 5.41) is 3.56. The third-order valence-corrected chi connectivity index (χ3v) is 4.20. The van der Waals surface area contributed by atoms with Crippen molar-refractivity contribution in [2.24, 2.45) is 5.92 Å². The molecule has 0 spiro atoms. The van der Waals surface area contributed by atoms with Gasteiger partial charge in [-0.3, -0.25) is 0 Å². The van der Waals surface area contributed by atoms with Crippen molar-refractivity contribution < 1.29 is 13.2 Å². The molecule has 2 atom stereocenters. The molecule has 1 heterocycles. The molecule has 0 aliphatic carbocycles. The van der Waals surface area contributed by atoms with Crippen LogP contribution in [0.2, 0.25) is 5.02 Å². The molecule has 1 fully saturated rings. The lowest BCUT2D eigenvalue weighted by Gasteiger charge is -2.43. The lowest BCUT2D eigenvalue weighted by molar-refractivity contribution is -0.137. The number of halogens is 4. The maximum Gasteiger partial charge on any atom is 0.416 e. The predicted molar refractivity (Wildman–Crippen MR) is 79.9 cm³/mol. The fourth-order valence-corrected chi connectivity index (χ4v) is 3.00. The van der Waals surface area contributed by atoms with Gasteiger partial charge in [-0.2, -0.15) is 13.2 Å². The Bertz CT molecular complexity index is 502. The molecule has 1 N–H and O–H groups in total. The normalized spacial score (nSPS) is 23.7. The molecule has 0 aromatic heterocycles. The molecule has 1 saturated heterocycles. The first-order valence-electron chi connectivity index (χ1n) is 7.07. The van der Waals surface area contributed by atoms with Crippen molar-refractivity contribution in [3.63, 3.8) is 0 Å². The van der Waals surface area contributed by atoms with Crippen molar-refractivity contribution in [3.05, 3.63) is 28.8 Å². The highest BCUT2D eigenvalue weighted by molar-refractivity contribution is 6.33. The highest BCUT2D eigenvalue weighted by Crippen LogP contribution is 2.36. The highest BCUT2D eigenvalue weighted by Gasteiger charge is 2.33. The summed E-state index contributed by atoms with van der Waals surface area (Å²) in [4.78, 5) is 2.12. The average Bonchev–Trinajstić information content (AvgIpc) is 2.37. The lowest BCUT2D eigenvalue weighted by Crippen LogP contribution is -2.57. The molecule has 2 unspecified atom stereocenters. The second kappa shape index (κ2) is 6.05. The Morgan fingerprint density at radius 1 is 1.33 bits per heavy atom. The van der Waals surface area contributed by atoms with Crippen molar-refractivity contribution in [3.8, 4) is 0 Å². The van der Waals surface area contributed by atoms with E-state index in [1.165, 1.54) is 6.07 Å². The number of hydrogen-bond acceptors (Lipinski definition) is 2. The number of nitrogens with zero attached hydrogens (tertiary/aromatic N) is 1. The minimum Gasteiger partial charge on any atom is -0.364 e. The van der Waals surface area contributed by atoms with Gasteiger partial charge in [0.2, 0.25) is 0 Å². The van der Waals surface area contributed by atoms with Gasteiger partial charge in [-0.1, -0.05) is 25.4 Å². The SMILES string of the molecule is CC1CN(c2ccc(C(F)(F)F)cc2Cl)C(C(C)C)CN1. The van der Waals surface area contributed by atoms with Crippen molar-refractivity contribution in [1.82, 2.24) is 5.32 Å². The van der Waals surface area contributed by atoms with Gasteiger partial charge in [-0.25, -0.2) is 0 Å². The van der Waals surface area contributed by atoms with Gasteiger partial charge < -0.3 is 10.2 Å². The highest BCUT2D eigenvalue weighted by atomic mass is 35.5. The minimum absolute atomic E-state index is 0.157. The van der Waals surface area contributed by atoms with E-state index in [2.05, 4.69) is 31.0 Å². The van der Waals surface area contributed by atoms with E-state index in [4.69, 9.17) is 11.6 Å². The summed E-state index contributed by atoms with van der Waals surface area (Å²) in [6, 6.07) is 4.10. The summed E-state index contributed by atoms with van der Waals surface area (Å²) >= 11 is 6.12. The van der Waals surface area contributed by atoms with Crippen LogP contribution >= 0.6 is 11.6 Å². The van der Waals surface area contributed by atoms with E-state index in [9.17, 15) is 13.2 Å². The van der Waals surface area contributed by atoms with E-state index in [1.807, 2.05) is 0 Å². The quantitative estimate of drug-likeness (QED) is 0.879. The Hall–Kier alpha value is -0.940. The molecular weight excluding hydrogens is 301 g/mol. The molecule has 1 aliphatic rings. The molecule has 6 heteroatoms. The predicted octanol–water partition coefficient (Wildman–Crippen LogP) is 4.18. The standard InChI is InChI=1S/C15H20ClF3N2/c1-9(2)14-7-20-10(3)8-21(14)13-5-4-11(6-12(13)16)15(17,18)19/h4-6,9-10,14,20H,7-8H2,1-3H3. The first-order valence-corrected chi connectivity index (χ1v) is 7.44. The van der Waals surface area contributed by atoms with Gasteiger partial charge in [0.1, 0.15) is 0 Å². The van der Waals surface area contributed by atoms with Gasteiger partial charge in [0.15, 0.2) is 0 Å². The number of rotatable bonds is 2. The number of piperazine rings is 1. The van der Waals surface area contributed by atoms with E-state index in [-0.39, 0.29) is 17.1 Å². The molecule has 118 valence electrons. The van der Waals surface area contributed by atoms with Gasteiger partial charge in [-0.15, -0.1) is 0 Å². The van der Waals surface area contributed by atoms with Crippen LogP contribution in [0.1, 0.15) is 26.3 Å². The van der Waals surface area contributed by atoms with Crippen LogP contribution in [0, 0.1) is 5.92 Å². The van der Waals surface area contributed by atoms with Gasteiger partial charge in [0.25, 0.3) is 0 Å². The zero-order valence-corrected chi connectivity index (χ0v) is 13.1. The third kappa shape index (κ3) is 3.64. The van der Waals surface area contributed by atoms with Crippen LogP contribution in [0.15, 0.2) is 18.2 Å². The molecule has 0 saturated carbocycles. The molecule has 0 radical (unpaired) electrons. The molecule has 1 aromatic rings. The summed E-state index contributed by atoms with van der Waals surface area (Å²) < 4.78 is 38.2. The van der Waals surface area contributed by atoms with Gasteiger partial charge in [0, 0.05) is 25.2 Å². The molecule has 0 bridgehead atoms. The molecular formula is C15H20ClF3N2. The number of hydrogen-bond donors (Lipinski definition) is 1. The lowest BCUT2D eigenvalue weighted by atomic mass is 9.97. The minimum atomic E-state index is -4.36. The van der Waals surface area contributed by atoms with Crippen LogP contribution in [-0.4, -0.2) is 25.2 Å². The van der Waals surface area contributed by atoms with E-state index >= 15 is 0 Å². The molecule has 1 aromatic carbocycles. The maximum absolute atomic E-state index is 12.7. The van der Waals surface area contributed by atoms with Gasteiger partial charge >= 0.3 is 6.18 Å². The average molecular weight is 321 g/mol. The van der Waals surface area contributed by atoms with Crippen LogP contribution in [0.4, 0.5) is 18.9 Å². The Morgan fingerprint density at radius 2 is 2.00 bits per heavy atom. The number of anilines is 1. The van der Waals surface area contributed by atoms with Crippen molar-refractivity contribution in [2.45, 2.75) is 39.0 Å². The van der Waals surface area contributed by atoms with Gasteiger partial charge in [0.05, 0.1) is 16.3 Å². The van der Waals surface area contributed by atoms with E-state index in [0.717, 1.165) is 25.2 Å². The first-order chi connectivity index (χ1) is 9.70.